The first-order chi connectivity index (χ1) is 20.7. The Morgan fingerprint density at radius 2 is 0.643 bits per heavy atom. The number of carbonyl (C=O) groups excluding carboxylic acids is 2. The number of esters is 2. The van der Waals surface area contributed by atoms with Gasteiger partial charge in [-0.1, -0.05) is 167 Å². The fourth-order valence-corrected chi connectivity index (χ4v) is 5.44. The molecule has 0 bridgehead atoms. The maximum absolute atomic E-state index is 11.9. The van der Waals surface area contributed by atoms with E-state index < -0.39 is 0 Å². The zero-order chi connectivity index (χ0) is 30.6. The Balaban J connectivity index is 3.30. The van der Waals surface area contributed by atoms with Gasteiger partial charge in [-0.25, -0.2) is 0 Å². The van der Waals surface area contributed by atoms with Crippen LogP contribution < -0.4 is 0 Å². The van der Waals surface area contributed by atoms with Gasteiger partial charge in [-0.2, -0.15) is 0 Å². The second kappa shape index (κ2) is 35.9. The van der Waals surface area contributed by atoms with E-state index >= 15 is 0 Å². The lowest BCUT2D eigenvalue weighted by Crippen LogP contribution is -2.13. The van der Waals surface area contributed by atoms with Crippen LogP contribution in [0.15, 0.2) is 12.2 Å². The number of ether oxygens (including phenoxy) is 2. The minimum atomic E-state index is -0.175. The lowest BCUT2D eigenvalue weighted by Gasteiger charge is -2.07. The third kappa shape index (κ3) is 34.9. The lowest BCUT2D eigenvalue weighted by atomic mass is 10.0. The summed E-state index contributed by atoms with van der Waals surface area (Å²) in [6.07, 6.45) is 41.6. The van der Waals surface area contributed by atoms with Crippen molar-refractivity contribution in [1.82, 2.24) is 0 Å². The molecule has 0 saturated carbocycles. The molecule has 0 heterocycles. The fourth-order valence-electron chi connectivity index (χ4n) is 5.44. The number of hydrogen-bond donors (Lipinski definition) is 0. The number of carbonyl (C=O) groups is 2. The highest BCUT2D eigenvalue weighted by molar-refractivity contribution is 5.70. The second-order valence-electron chi connectivity index (χ2n) is 12.5. The molecule has 0 aliphatic carbocycles. The molecule has 0 fully saturated rings. The van der Waals surface area contributed by atoms with Crippen molar-refractivity contribution in [2.24, 2.45) is 0 Å². The summed E-state index contributed by atoms with van der Waals surface area (Å²) in [7, 11) is 0. The molecule has 0 amide bonds. The van der Waals surface area contributed by atoms with E-state index in [0.29, 0.717) is 12.8 Å². The quantitative estimate of drug-likeness (QED) is 0.0423. The Morgan fingerprint density at radius 3 is 0.952 bits per heavy atom. The van der Waals surface area contributed by atoms with Crippen molar-refractivity contribution in [2.75, 3.05) is 13.2 Å². The van der Waals surface area contributed by atoms with E-state index in [-0.39, 0.29) is 25.2 Å². The van der Waals surface area contributed by atoms with E-state index in [1.807, 2.05) is 0 Å². The van der Waals surface area contributed by atoms with Gasteiger partial charge >= 0.3 is 11.9 Å². The molecule has 0 atom stereocenters. The molecule has 0 unspecified atom stereocenters. The van der Waals surface area contributed by atoms with Gasteiger partial charge < -0.3 is 9.47 Å². The predicted molar refractivity (Wildman–Crippen MR) is 181 cm³/mol. The first-order valence-electron chi connectivity index (χ1n) is 18.7. The molecule has 0 aliphatic heterocycles. The van der Waals surface area contributed by atoms with Gasteiger partial charge in [0.25, 0.3) is 0 Å². The van der Waals surface area contributed by atoms with Crippen molar-refractivity contribution in [1.29, 1.82) is 0 Å². The molecular weight excluding hydrogens is 520 g/mol. The van der Waals surface area contributed by atoms with Crippen molar-refractivity contribution in [2.45, 2.75) is 206 Å². The Kier molecular flexibility index (Phi) is 34.7. The Labute approximate surface area is 262 Å². The van der Waals surface area contributed by atoms with Gasteiger partial charge in [0.05, 0.1) is 0 Å². The highest BCUT2D eigenvalue weighted by Crippen LogP contribution is 2.14. The van der Waals surface area contributed by atoms with E-state index in [1.165, 1.54) is 154 Å². The number of rotatable bonds is 34. The van der Waals surface area contributed by atoms with E-state index in [4.69, 9.17) is 9.47 Å². The molecule has 0 aromatic rings. The number of hydrogen-bond acceptors (Lipinski definition) is 4. The van der Waals surface area contributed by atoms with Crippen LogP contribution in [0.4, 0.5) is 0 Å². The van der Waals surface area contributed by atoms with Gasteiger partial charge in [-0.05, 0) is 38.5 Å². The summed E-state index contributed by atoms with van der Waals surface area (Å²) in [6, 6.07) is 0. The van der Waals surface area contributed by atoms with Crippen LogP contribution in [0.5, 0.6) is 0 Å². The molecule has 0 spiro atoms. The summed E-state index contributed by atoms with van der Waals surface area (Å²) in [5.74, 6) is -0.343. The third-order valence-electron chi connectivity index (χ3n) is 8.24. The van der Waals surface area contributed by atoms with Crippen LogP contribution in [-0.2, 0) is 19.1 Å². The first-order valence-corrected chi connectivity index (χ1v) is 18.7. The van der Waals surface area contributed by atoms with E-state index in [2.05, 4.69) is 26.0 Å². The standard InChI is InChI=1S/C38H72O4/c1-3-5-7-9-11-13-15-17-19-21-23-25-27-29-31-33-37(39)41-35-36-42-38(40)34-32-30-28-26-24-22-20-18-16-14-12-10-8-6-4-2/h17,19H,3-16,18,20-36H2,1-2H3/b19-17-. The van der Waals surface area contributed by atoms with Crippen LogP contribution in [-0.4, -0.2) is 25.2 Å². The Hall–Kier alpha value is -1.32. The molecule has 0 aromatic heterocycles. The van der Waals surface area contributed by atoms with Gasteiger partial charge in [-0.3, -0.25) is 9.59 Å². The molecule has 42 heavy (non-hydrogen) atoms. The second-order valence-corrected chi connectivity index (χ2v) is 12.5. The van der Waals surface area contributed by atoms with Crippen molar-refractivity contribution in [3.8, 4) is 0 Å². The van der Waals surface area contributed by atoms with Gasteiger partial charge in [0.1, 0.15) is 13.2 Å². The lowest BCUT2D eigenvalue weighted by molar-refractivity contribution is -0.152. The summed E-state index contributed by atoms with van der Waals surface area (Å²) in [5.41, 5.74) is 0. The van der Waals surface area contributed by atoms with E-state index in [0.717, 1.165) is 25.7 Å². The SMILES string of the molecule is CCCCCCCC/C=C\CCCCCCCC(=O)OCCOC(=O)CCCCCCCCCCCCCCCCC. The zero-order valence-corrected chi connectivity index (χ0v) is 28.4. The smallest absolute Gasteiger partial charge is 0.305 e. The highest BCUT2D eigenvalue weighted by Gasteiger charge is 2.06. The monoisotopic (exact) mass is 593 g/mol. The van der Waals surface area contributed by atoms with E-state index in [1.54, 1.807) is 0 Å². The zero-order valence-electron chi connectivity index (χ0n) is 28.4. The van der Waals surface area contributed by atoms with E-state index in [9.17, 15) is 9.59 Å². The molecule has 4 nitrogen and oxygen atoms in total. The average molecular weight is 593 g/mol. The summed E-state index contributed by atoms with van der Waals surface area (Å²) < 4.78 is 10.4. The van der Waals surface area contributed by atoms with Gasteiger partial charge in [0.15, 0.2) is 0 Å². The van der Waals surface area contributed by atoms with Gasteiger partial charge in [-0.15, -0.1) is 0 Å². The normalized spacial score (nSPS) is 11.4. The van der Waals surface area contributed by atoms with Crippen LogP contribution in [0, 0.1) is 0 Å². The topological polar surface area (TPSA) is 52.6 Å². The van der Waals surface area contributed by atoms with Crippen molar-refractivity contribution in [3.63, 3.8) is 0 Å². The van der Waals surface area contributed by atoms with Gasteiger partial charge in [0.2, 0.25) is 0 Å². The summed E-state index contributed by atoms with van der Waals surface area (Å²) in [6.45, 7) is 4.89. The predicted octanol–water partition coefficient (Wildman–Crippen LogP) is 12.4. The van der Waals surface area contributed by atoms with Crippen LogP contribution >= 0.6 is 0 Å². The molecule has 248 valence electrons. The van der Waals surface area contributed by atoms with Crippen LogP contribution in [0.2, 0.25) is 0 Å². The van der Waals surface area contributed by atoms with Crippen LogP contribution in [0.25, 0.3) is 0 Å². The Bertz CT molecular complexity index is 586. The molecule has 4 heteroatoms. The summed E-state index contributed by atoms with van der Waals surface area (Å²) >= 11 is 0. The fraction of sp³-hybridized carbons (Fsp3) is 0.895. The summed E-state index contributed by atoms with van der Waals surface area (Å²) in [5, 5.41) is 0. The molecular formula is C38H72O4. The number of unbranched alkanes of at least 4 members (excludes halogenated alkanes) is 25. The first kappa shape index (κ1) is 40.7. The maximum atomic E-state index is 11.9. The molecule has 0 radical (unpaired) electrons. The number of allylic oxidation sites excluding steroid dienone is 2. The molecule has 0 rings (SSSR count). The minimum absolute atomic E-state index is 0.169. The molecule has 0 saturated heterocycles. The third-order valence-corrected chi connectivity index (χ3v) is 8.24. The minimum Gasteiger partial charge on any atom is -0.462 e. The van der Waals surface area contributed by atoms with Crippen molar-refractivity contribution < 1.29 is 19.1 Å². The maximum Gasteiger partial charge on any atom is 0.305 e. The average Bonchev–Trinajstić information content (AvgIpc) is 2.99. The molecule has 0 aliphatic rings. The van der Waals surface area contributed by atoms with Crippen LogP contribution in [0.3, 0.4) is 0 Å². The van der Waals surface area contributed by atoms with Crippen LogP contribution in [0.1, 0.15) is 206 Å². The largest absolute Gasteiger partial charge is 0.462 e. The van der Waals surface area contributed by atoms with Crippen molar-refractivity contribution >= 4 is 11.9 Å². The van der Waals surface area contributed by atoms with Gasteiger partial charge in [0, 0.05) is 12.8 Å². The highest BCUT2D eigenvalue weighted by atomic mass is 16.6. The Morgan fingerprint density at radius 1 is 0.381 bits per heavy atom. The van der Waals surface area contributed by atoms with Crippen molar-refractivity contribution in [3.05, 3.63) is 12.2 Å². The molecule has 0 aromatic carbocycles. The molecule has 0 N–H and O–H groups in total. The summed E-state index contributed by atoms with van der Waals surface area (Å²) in [4.78, 5) is 23.8.